The van der Waals surface area contributed by atoms with Gasteiger partial charge in [0.15, 0.2) is 18.1 Å². The second-order valence-electron chi connectivity index (χ2n) is 6.87. The van der Waals surface area contributed by atoms with Gasteiger partial charge >= 0.3 is 0 Å². The van der Waals surface area contributed by atoms with Gasteiger partial charge in [-0.2, -0.15) is 0 Å². The van der Waals surface area contributed by atoms with Crippen molar-refractivity contribution in [2.75, 3.05) is 50.1 Å². The van der Waals surface area contributed by atoms with Crippen molar-refractivity contribution in [2.45, 2.75) is 6.42 Å². The van der Waals surface area contributed by atoms with Crippen LogP contribution in [-0.4, -0.2) is 56.6 Å². The Morgan fingerprint density at radius 1 is 1.07 bits per heavy atom. The molecule has 0 bridgehead atoms. The Hall–Kier alpha value is -3.22. The Labute approximate surface area is 163 Å². The van der Waals surface area contributed by atoms with Gasteiger partial charge in [0, 0.05) is 37.6 Å². The summed E-state index contributed by atoms with van der Waals surface area (Å²) in [7, 11) is 1.58. The van der Waals surface area contributed by atoms with Gasteiger partial charge in [0.1, 0.15) is 0 Å². The summed E-state index contributed by atoms with van der Waals surface area (Å²) >= 11 is 0. The minimum Gasteiger partial charge on any atom is -0.493 e. The fraction of sp³-hybridized carbons (Fsp3) is 0.333. The molecule has 4 rings (SSSR count). The van der Waals surface area contributed by atoms with Crippen molar-refractivity contribution in [2.24, 2.45) is 0 Å². The van der Waals surface area contributed by atoms with E-state index in [-0.39, 0.29) is 18.4 Å². The number of benzene rings is 2. The van der Waals surface area contributed by atoms with E-state index in [9.17, 15) is 9.59 Å². The van der Waals surface area contributed by atoms with Crippen LogP contribution in [-0.2, 0) is 16.0 Å². The van der Waals surface area contributed by atoms with Crippen LogP contribution in [0, 0.1) is 0 Å². The average molecular weight is 381 g/mol. The van der Waals surface area contributed by atoms with E-state index < -0.39 is 0 Å². The highest BCUT2D eigenvalue weighted by Crippen LogP contribution is 2.29. The van der Waals surface area contributed by atoms with Gasteiger partial charge < -0.3 is 24.6 Å². The topological polar surface area (TPSA) is 71.1 Å². The lowest BCUT2D eigenvalue weighted by Crippen LogP contribution is -2.50. The summed E-state index contributed by atoms with van der Waals surface area (Å²) in [6.07, 6.45) is 0.432. The molecule has 0 unspecified atom stereocenters. The number of fused-ring (bicyclic) bond motifs is 1. The molecule has 2 aromatic rings. The smallest absolute Gasteiger partial charge is 0.260 e. The summed E-state index contributed by atoms with van der Waals surface area (Å²) < 4.78 is 10.9. The summed E-state index contributed by atoms with van der Waals surface area (Å²) in [6.45, 7) is 2.78. The van der Waals surface area contributed by atoms with E-state index in [0.29, 0.717) is 31.0 Å². The largest absolute Gasteiger partial charge is 0.493 e. The molecule has 0 spiro atoms. The third kappa shape index (κ3) is 3.74. The predicted octanol–water partition coefficient (Wildman–Crippen LogP) is 1.92. The molecule has 7 heteroatoms. The lowest BCUT2D eigenvalue weighted by molar-refractivity contribution is -0.133. The zero-order valence-electron chi connectivity index (χ0n) is 15.8. The van der Waals surface area contributed by atoms with Gasteiger partial charge in [-0.3, -0.25) is 9.59 Å². The standard InChI is InChI=1S/C21H23N3O4/c1-27-18-4-2-3-5-19(18)28-14-21(26)24-10-8-23(9-11-24)16-6-7-17-15(12-16)13-20(25)22-17/h2-7,12H,8-11,13-14H2,1H3,(H,22,25). The van der Waals surface area contributed by atoms with Crippen LogP contribution >= 0.6 is 0 Å². The SMILES string of the molecule is COc1ccccc1OCC(=O)N1CCN(c2ccc3c(c2)CC(=O)N3)CC1. The van der Waals surface area contributed by atoms with Crippen molar-refractivity contribution in [3.8, 4) is 11.5 Å². The van der Waals surface area contributed by atoms with Crippen LogP contribution in [0.2, 0.25) is 0 Å². The molecule has 0 radical (unpaired) electrons. The van der Waals surface area contributed by atoms with Crippen molar-refractivity contribution >= 4 is 23.2 Å². The Morgan fingerprint density at radius 3 is 2.57 bits per heavy atom. The fourth-order valence-corrected chi connectivity index (χ4v) is 3.60. The first-order valence-corrected chi connectivity index (χ1v) is 9.35. The van der Waals surface area contributed by atoms with Crippen LogP contribution in [0.4, 0.5) is 11.4 Å². The molecule has 0 aromatic heterocycles. The highest BCUT2D eigenvalue weighted by atomic mass is 16.5. The summed E-state index contributed by atoms with van der Waals surface area (Å²) in [5.41, 5.74) is 3.02. The Bertz CT molecular complexity index is 891. The quantitative estimate of drug-likeness (QED) is 0.857. The minimum absolute atomic E-state index is 0.00694. The minimum atomic E-state index is -0.0330. The predicted molar refractivity (Wildman–Crippen MR) is 106 cm³/mol. The van der Waals surface area contributed by atoms with Crippen LogP contribution in [0.25, 0.3) is 0 Å². The molecule has 2 aliphatic rings. The van der Waals surface area contributed by atoms with Gasteiger partial charge in [-0.15, -0.1) is 0 Å². The molecule has 0 saturated carbocycles. The third-order valence-electron chi connectivity index (χ3n) is 5.13. The first kappa shape index (κ1) is 18.2. The number of carbonyl (C=O) groups excluding carboxylic acids is 2. The van der Waals surface area contributed by atoms with Gasteiger partial charge in [-0.25, -0.2) is 0 Å². The van der Waals surface area contributed by atoms with Crippen LogP contribution in [0.1, 0.15) is 5.56 Å². The van der Waals surface area contributed by atoms with E-state index in [1.165, 1.54) is 0 Å². The Kier molecular flexibility index (Phi) is 5.06. The molecule has 1 fully saturated rings. The maximum Gasteiger partial charge on any atom is 0.260 e. The number of para-hydroxylation sites is 2. The van der Waals surface area contributed by atoms with Gasteiger partial charge in [-0.05, 0) is 35.9 Å². The number of amides is 2. The van der Waals surface area contributed by atoms with Gasteiger partial charge in [0.2, 0.25) is 5.91 Å². The summed E-state index contributed by atoms with van der Waals surface area (Å²) in [5, 5.41) is 2.85. The van der Waals surface area contributed by atoms with Crippen LogP contribution in [0.3, 0.4) is 0 Å². The van der Waals surface area contributed by atoms with E-state index in [4.69, 9.17) is 9.47 Å². The van der Waals surface area contributed by atoms with Gasteiger partial charge in [0.25, 0.3) is 5.91 Å². The molecule has 2 heterocycles. The second-order valence-corrected chi connectivity index (χ2v) is 6.87. The molecule has 0 aliphatic carbocycles. The molecular weight excluding hydrogens is 358 g/mol. The lowest BCUT2D eigenvalue weighted by Gasteiger charge is -2.36. The van der Waals surface area contributed by atoms with E-state index >= 15 is 0 Å². The second kappa shape index (κ2) is 7.80. The molecule has 28 heavy (non-hydrogen) atoms. The number of hydrogen-bond acceptors (Lipinski definition) is 5. The van der Waals surface area contributed by atoms with E-state index in [1.54, 1.807) is 19.2 Å². The normalized spacial score (nSPS) is 15.8. The molecule has 1 N–H and O–H groups in total. The first-order chi connectivity index (χ1) is 13.6. The Balaban J connectivity index is 1.31. The number of anilines is 2. The van der Waals surface area contributed by atoms with Gasteiger partial charge in [-0.1, -0.05) is 12.1 Å². The zero-order chi connectivity index (χ0) is 19.5. The maximum atomic E-state index is 12.5. The summed E-state index contributed by atoms with van der Waals surface area (Å²) in [6, 6.07) is 13.3. The molecule has 2 aromatic carbocycles. The number of methoxy groups -OCH3 is 1. The Morgan fingerprint density at radius 2 is 1.82 bits per heavy atom. The molecule has 2 aliphatic heterocycles. The van der Waals surface area contributed by atoms with E-state index in [2.05, 4.69) is 16.3 Å². The summed E-state index contributed by atoms with van der Waals surface area (Å²) in [4.78, 5) is 28.1. The van der Waals surface area contributed by atoms with E-state index in [0.717, 1.165) is 30.0 Å². The molecule has 146 valence electrons. The highest BCUT2D eigenvalue weighted by Gasteiger charge is 2.24. The molecule has 0 atom stereocenters. The van der Waals surface area contributed by atoms with Crippen molar-refractivity contribution < 1.29 is 19.1 Å². The monoisotopic (exact) mass is 381 g/mol. The van der Waals surface area contributed by atoms with E-state index in [1.807, 2.05) is 29.2 Å². The number of nitrogens with one attached hydrogen (secondary N) is 1. The van der Waals surface area contributed by atoms with Crippen LogP contribution in [0.5, 0.6) is 11.5 Å². The fourth-order valence-electron chi connectivity index (χ4n) is 3.60. The van der Waals surface area contributed by atoms with Crippen LogP contribution in [0.15, 0.2) is 42.5 Å². The number of nitrogens with zero attached hydrogens (tertiary/aromatic N) is 2. The number of piperazine rings is 1. The van der Waals surface area contributed by atoms with Crippen LogP contribution < -0.4 is 19.7 Å². The van der Waals surface area contributed by atoms with Crippen molar-refractivity contribution in [3.63, 3.8) is 0 Å². The average Bonchev–Trinajstić information content (AvgIpc) is 3.11. The number of ether oxygens (including phenoxy) is 2. The highest BCUT2D eigenvalue weighted by molar-refractivity contribution is 5.99. The molecule has 1 saturated heterocycles. The first-order valence-electron chi connectivity index (χ1n) is 9.35. The zero-order valence-corrected chi connectivity index (χ0v) is 15.8. The number of hydrogen-bond donors (Lipinski definition) is 1. The van der Waals surface area contributed by atoms with Crippen molar-refractivity contribution in [1.29, 1.82) is 0 Å². The summed E-state index contributed by atoms with van der Waals surface area (Å²) in [5.74, 6) is 1.19. The molecule has 7 nitrogen and oxygen atoms in total. The number of carbonyl (C=O) groups is 2. The molecule has 2 amide bonds. The van der Waals surface area contributed by atoms with Crippen molar-refractivity contribution in [1.82, 2.24) is 4.90 Å². The number of rotatable bonds is 5. The third-order valence-corrected chi connectivity index (χ3v) is 5.13. The van der Waals surface area contributed by atoms with Crippen molar-refractivity contribution in [3.05, 3.63) is 48.0 Å². The van der Waals surface area contributed by atoms with Gasteiger partial charge in [0.05, 0.1) is 13.5 Å². The maximum absolute atomic E-state index is 12.5. The lowest BCUT2D eigenvalue weighted by atomic mass is 10.1. The molecular formula is C21H23N3O4.